The average molecular weight is 310 g/mol. The molecule has 0 aromatic heterocycles. The second kappa shape index (κ2) is 7.45. The smallest absolute Gasteiger partial charge is 0.316 e. The van der Waals surface area contributed by atoms with Gasteiger partial charge in [0, 0.05) is 0 Å². The minimum atomic E-state index is -0.674. The quantitative estimate of drug-likeness (QED) is 0.711. The summed E-state index contributed by atoms with van der Waals surface area (Å²) in [6.45, 7) is 8.56. The summed E-state index contributed by atoms with van der Waals surface area (Å²) < 4.78 is 5.37. The van der Waals surface area contributed by atoms with Crippen molar-refractivity contribution in [3.8, 4) is 0 Å². The highest BCUT2D eigenvalue weighted by Crippen LogP contribution is 2.31. The summed E-state index contributed by atoms with van der Waals surface area (Å²) in [6.07, 6.45) is 0.633. The Morgan fingerprint density at radius 1 is 1.04 bits per heavy atom. The molecule has 0 amide bonds. The van der Waals surface area contributed by atoms with Crippen molar-refractivity contribution in [2.75, 3.05) is 6.61 Å². The molecule has 2 rings (SSSR count). The lowest BCUT2D eigenvalue weighted by molar-refractivity contribution is -0.149. The minimum absolute atomic E-state index is 0.166. The van der Waals surface area contributed by atoms with Crippen LogP contribution in [-0.4, -0.2) is 12.6 Å². The van der Waals surface area contributed by atoms with Crippen LogP contribution >= 0.6 is 0 Å². The molecule has 0 aliphatic rings. The molecule has 0 radical (unpaired) electrons. The number of esters is 1. The van der Waals surface area contributed by atoms with Gasteiger partial charge in [0.1, 0.15) is 0 Å². The molecular weight excluding hydrogens is 284 g/mol. The predicted octanol–water partition coefficient (Wildman–Crippen LogP) is 4.87. The summed E-state index contributed by atoms with van der Waals surface area (Å²) in [6, 6.07) is 18.5. The van der Waals surface area contributed by atoms with Crippen molar-refractivity contribution < 1.29 is 9.53 Å². The fourth-order valence-corrected chi connectivity index (χ4v) is 2.82. The Morgan fingerprint density at radius 2 is 1.65 bits per heavy atom. The minimum Gasteiger partial charge on any atom is -0.465 e. The Kier molecular flexibility index (Phi) is 5.59. The van der Waals surface area contributed by atoms with E-state index in [0.717, 1.165) is 11.1 Å². The van der Waals surface area contributed by atoms with Gasteiger partial charge in [-0.1, -0.05) is 68.4 Å². The molecule has 0 saturated carbocycles. The summed E-state index contributed by atoms with van der Waals surface area (Å²) >= 11 is 0. The molecular formula is C21H26O2. The Balaban J connectivity index is 2.38. The zero-order valence-corrected chi connectivity index (χ0v) is 14.5. The Hall–Kier alpha value is -2.09. The molecule has 0 fully saturated rings. The van der Waals surface area contributed by atoms with Crippen LogP contribution in [0.3, 0.4) is 0 Å². The number of hydrogen-bond donors (Lipinski definition) is 0. The normalized spacial score (nSPS) is 13.6. The van der Waals surface area contributed by atoms with Gasteiger partial charge < -0.3 is 4.74 Å². The van der Waals surface area contributed by atoms with Crippen molar-refractivity contribution in [1.29, 1.82) is 0 Å². The maximum atomic E-state index is 12.7. The molecule has 0 aliphatic heterocycles. The largest absolute Gasteiger partial charge is 0.465 e. The SMILES string of the molecule is CCOC(=O)C(C)(Cc1ccccc1)c1ccc(C(C)C)cc1. The molecule has 122 valence electrons. The predicted molar refractivity (Wildman–Crippen MR) is 94.7 cm³/mol. The first-order chi connectivity index (χ1) is 11.0. The van der Waals surface area contributed by atoms with Crippen LogP contribution in [0.25, 0.3) is 0 Å². The van der Waals surface area contributed by atoms with Gasteiger partial charge in [-0.05, 0) is 42.9 Å². The lowest BCUT2D eigenvalue weighted by Crippen LogP contribution is -2.36. The van der Waals surface area contributed by atoms with Gasteiger partial charge in [0.05, 0.1) is 12.0 Å². The van der Waals surface area contributed by atoms with E-state index in [4.69, 9.17) is 4.74 Å². The van der Waals surface area contributed by atoms with Crippen molar-refractivity contribution in [2.24, 2.45) is 0 Å². The molecule has 2 heteroatoms. The fourth-order valence-electron chi connectivity index (χ4n) is 2.82. The third-order valence-electron chi connectivity index (χ3n) is 4.34. The first kappa shape index (κ1) is 17.3. The van der Waals surface area contributed by atoms with Crippen LogP contribution < -0.4 is 0 Å². The number of carbonyl (C=O) groups excluding carboxylic acids is 1. The monoisotopic (exact) mass is 310 g/mol. The lowest BCUT2D eigenvalue weighted by Gasteiger charge is -2.28. The number of hydrogen-bond acceptors (Lipinski definition) is 2. The molecule has 0 N–H and O–H groups in total. The van der Waals surface area contributed by atoms with Gasteiger partial charge in [0.15, 0.2) is 0 Å². The van der Waals surface area contributed by atoms with E-state index < -0.39 is 5.41 Å². The van der Waals surface area contributed by atoms with Crippen LogP contribution in [0.15, 0.2) is 54.6 Å². The molecule has 0 aliphatic carbocycles. The highest BCUT2D eigenvalue weighted by molar-refractivity contribution is 5.83. The summed E-state index contributed by atoms with van der Waals surface area (Å²) in [5.74, 6) is 0.313. The van der Waals surface area contributed by atoms with E-state index in [2.05, 4.69) is 50.2 Å². The molecule has 0 spiro atoms. The summed E-state index contributed by atoms with van der Waals surface area (Å²) in [4.78, 5) is 12.7. The Bertz CT molecular complexity index is 629. The molecule has 23 heavy (non-hydrogen) atoms. The van der Waals surface area contributed by atoms with Gasteiger partial charge >= 0.3 is 5.97 Å². The van der Waals surface area contributed by atoms with E-state index >= 15 is 0 Å². The summed E-state index contributed by atoms with van der Waals surface area (Å²) in [7, 11) is 0. The van der Waals surface area contributed by atoms with E-state index in [9.17, 15) is 4.79 Å². The van der Waals surface area contributed by atoms with Crippen LogP contribution in [0.1, 0.15) is 50.3 Å². The molecule has 2 aromatic carbocycles. The van der Waals surface area contributed by atoms with Crippen molar-refractivity contribution in [3.05, 3.63) is 71.3 Å². The van der Waals surface area contributed by atoms with Gasteiger partial charge in [-0.2, -0.15) is 0 Å². The summed E-state index contributed by atoms with van der Waals surface area (Å²) in [5, 5.41) is 0. The molecule has 1 atom stereocenters. The zero-order chi connectivity index (χ0) is 16.9. The van der Waals surface area contributed by atoms with E-state index in [-0.39, 0.29) is 5.97 Å². The van der Waals surface area contributed by atoms with Crippen LogP contribution in [-0.2, 0) is 21.4 Å². The van der Waals surface area contributed by atoms with E-state index in [0.29, 0.717) is 18.9 Å². The van der Waals surface area contributed by atoms with Crippen molar-refractivity contribution >= 4 is 5.97 Å². The van der Waals surface area contributed by atoms with Gasteiger partial charge in [0.25, 0.3) is 0 Å². The molecule has 1 unspecified atom stereocenters. The van der Waals surface area contributed by atoms with E-state index in [1.165, 1.54) is 5.56 Å². The molecule has 0 heterocycles. The van der Waals surface area contributed by atoms with Gasteiger partial charge in [-0.3, -0.25) is 4.79 Å². The first-order valence-electron chi connectivity index (χ1n) is 8.29. The molecule has 2 nitrogen and oxygen atoms in total. The third kappa shape index (κ3) is 4.01. The van der Waals surface area contributed by atoms with Crippen LogP contribution in [0, 0.1) is 0 Å². The maximum absolute atomic E-state index is 12.7. The second-order valence-electron chi connectivity index (χ2n) is 6.49. The lowest BCUT2D eigenvalue weighted by atomic mass is 9.77. The van der Waals surface area contributed by atoms with Gasteiger partial charge in [-0.25, -0.2) is 0 Å². The fraction of sp³-hybridized carbons (Fsp3) is 0.381. The third-order valence-corrected chi connectivity index (χ3v) is 4.34. The maximum Gasteiger partial charge on any atom is 0.316 e. The highest BCUT2D eigenvalue weighted by Gasteiger charge is 2.36. The van der Waals surface area contributed by atoms with E-state index in [1.54, 1.807) is 0 Å². The standard InChI is InChI=1S/C21H26O2/c1-5-23-20(22)21(4,15-17-9-7-6-8-10-17)19-13-11-18(12-14-19)16(2)3/h6-14,16H,5,15H2,1-4H3. The van der Waals surface area contributed by atoms with E-state index in [1.807, 2.05) is 32.0 Å². The zero-order valence-electron chi connectivity index (χ0n) is 14.5. The number of benzene rings is 2. The van der Waals surface area contributed by atoms with Crippen LogP contribution in [0.4, 0.5) is 0 Å². The van der Waals surface area contributed by atoms with Crippen molar-refractivity contribution in [3.63, 3.8) is 0 Å². The second-order valence-corrected chi connectivity index (χ2v) is 6.49. The topological polar surface area (TPSA) is 26.3 Å². The average Bonchev–Trinajstić information content (AvgIpc) is 2.56. The van der Waals surface area contributed by atoms with Gasteiger partial charge in [0.2, 0.25) is 0 Å². The molecule has 2 aromatic rings. The molecule has 0 bridgehead atoms. The number of rotatable bonds is 6. The highest BCUT2D eigenvalue weighted by atomic mass is 16.5. The Labute approximate surface area is 139 Å². The Morgan fingerprint density at radius 3 is 2.17 bits per heavy atom. The number of ether oxygens (including phenoxy) is 1. The van der Waals surface area contributed by atoms with Crippen LogP contribution in [0.5, 0.6) is 0 Å². The van der Waals surface area contributed by atoms with Crippen LogP contribution in [0.2, 0.25) is 0 Å². The van der Waals surface area contributed by atoms with Crippen molar-refractivity contribution in [1.82, 2.24) is 0 Å². The van der Waals surface area contributed by atoms with Crippen molar-refractivity contribution in [2.45, 2.75) is 45.4 Å². The van der Waals surface area contributed by atoms with Gasteiger partial charge in [-0.15, -0.1) is 0 Å². The number of carbonyl (C=O) groups is 1. The first-order valence-corrected chi connectivity index (χ1v) is 8.29. The molecule has 0 saturated heterocycles. The summed E-state index contributed by atoms with van der Waals surface area (Å²) in [5.41, 5.74) is 2.74.